The standard InChI is InChI=1S/C18H19BrFNO4/c1-11(14-9-13(23-2)5-7-16(14)24-3)21-18(22)10-25-17-6-4-12(20)8-15(17)19/h4-9,11H,10H2,1-3H3,(H,21,22)/t11-/m1/s1. The number of nitrogens with one attached hydrogen (secondary N) is 1. The molecule has 0 radical (unpaired) electrons. The minimum absolute atomic E-state index is 0.194. The highest BCUT2D eigenvalue weighted by atomic mass is 79.9. The van der Waals surface area contributed by atoms with E-state index in [4.69, 9.17) is 14.2 Å². The first-order valence-corrected chi connectivity index (χ1v) is 8.33. The molecule has 0 aliphatic heterocycles. The van der Waals surface area contributed by atoms with E-state index in [1.807, 2.05) is 6.92 Å². The zero-order valence-electron chi connectivity index (χ0n) is 14.1. The second-order valence-corrected chi connectivity index (χ2v) is 6.11. The molecule has 0 spiro atoms. The number of rotatable bonds is 7. The SMILES string of the molecule is COc1ccc(OC)c([C@@H](C)NC(=O)COc2ccc(F)cc2Br)c1. The normalized spacial score (nSPS) is 11.6. The Kier molecular flexibility index (Phi) is 6.64. The fourth-order valence-corrected chi connectivity index (χ4v) is 2.74. The first-order chi connectivity index (χ1) is 11.9. The van der Waals surface area contributed by atoms with Crippen LogP contribution in [0.1, 0.15) is 18.5 Å². The number of ether oxygens (including phenoxy) is 3. The van der Waals surface area contributed by atoms with Crippen LogP contribution in [0.15, 0.2) is 40.9 Å². The van der Waals surface area contributed by atoms with E-state index < -0.39 is 0 Å². The van der Waals surface area contributed by atoms with Crippen molar-refractivity contribution in [2.24, 2.45) is 0 Å². The van der Waals surface area contributed by atoms with Gasteiger partial charge in [-0.15, -0.1) is 0 Å². The Hall–Kier alpha value is -2.28. The van der Waals surface area contributed by atoms with Gasteiger partial charge >= 0.3 is 0 Å². The van der Waals surface area contributed by atoms with Gasteiger partial charge in [0.05, 0.1) is 24.7 Å². The Morgan fingerprint density at radius 1 is 1.16 bits per heavy atom. The van der Waals surface area contributed by atoms with Crippen LogP contribution in [0.5, 0.6) is 17.2 Å². The molecule has 2 rings (SSSR count). The lowest BCUT2D eigenvalue weighted by atomic mass is 10.1. The minimum atomic E-state index is -0.387. The second kappa shape index (κ2) is 8.71. The second-order valence-electron chi connectivity index (χ2n) is 5.26. The van der Waals surface area contributed by atoms with E-state index in [-0.39, 0.29) is 24.4 Å². The van der Waals surface area contributed by atoms with Gasteiger partial charge in [-0.3, -0.25) is 4.79 Å². The molecule has 25 heavy (non-hydrogen) atoms. The van der Waals surface area contributed by atoms with E-state index in [2.05, 4.69) is 21.2 Å². The van der Waals surface area contributed by atoms with Crippen LogP contribution in [0, 0.1) is 5.82 Å². The Balaban J connectivity index is 2.00. The number of carbonyl (C=O) groups is 1. The van der Waals surface area contributed by atoms with Crippen molar-refractivity contribution in [2.45, 2.75) is 13.0 Å². The summed E-state index contributed by atoms with van der Waals surface area (Å²) in [6.07, 6.45) is 0. The first-order valence-electron chi connectivity index (χ1n) is 7.53. The smallest absolute Gasteiger partial charge is 0.258 e. The van der Waals surface area contributed by atoms with Crippen molar-refractivity contribution in [3.05, 3.63) is 52.3 Å². The summed E-state index contributed by atoms with van der Waals surface area (Å²) in [5, 5.41) is 2.83. The topological polar surface area (TPSA) is 56.8 Å². The molecule has 2 aromatic rings. The van der Waals surface area contributed by atoms with E-state index in [1.54, 1.807) is 32.4 Å². The summed E-state index contributed by atoms with van der Waals surface area (Å²) in [7, 11) is 3.14. The van der Waals surface area contributed by atoms with Gasteiger partial charge in [-0.1, -0.05) is 0 Å². The van der Waals surface area contributed by atoms with E-state index in [0.717, 1.165) is 5.56 Å². The highest BCUT2D eigenvalue weighted by molar-refractivity contribution is 9.10. The van der Waals surface area contributed by atoms with Crippen LogP contribution in [-0.2, 0) is 4.79 Å². The Morgan fingerprint density at radius 3 is 2.52 bits per heavy atom. The van der Waals surface area contributed by atoms with Crippen LogP contribution in [0.3, 0.4) is 0 Å². The number of amides is 1. The highest BCUT2D eigenvalue weighted by Crippen LogP contribution is 2.29. The summed E-state index contributed by atoms with van der Waals surface area (Å²) < 4.78 is 29.4. The highest BCUT2D eigenvalue weighted by Gasteiger charge is 2.16. The van der Waals surface area contributed by atoms with Crippen molar-refractivity contribution >= 4 is 21.8 Å². The maximum atomic E-state index is 13.1. The Bertz CT molecular complexity index is 754. The van der Waals surface area contributed by atoms with Crippen molar-refractivity contribution < 1.29 is 23.4 Å². The molecule has 0 saturated carbocycles. The quantitative estimate of drug-likeness (QED) is 0.751. The summed E-state index contributed by atoms with van der Waals surface area (Å²) in [5.74, 6) is 1.01. The molecule has 0 unspecified atom stereocenters. The maximum Gasteiger partial charge on any atom is 0.258 e. The van der Waals surface area contributed by atoms with Crippen LogP contribution < -0.4 is 19.5 Å². The maximum absolute atomic E-state index is 13.1. The average Bonchev–Trinajstić information content (AvgIpc) is 2.60. The molecule has 0 saturated heterocycles. The molecule has 1 N–H and O–H groups in total. The van der Waals surface area contributed by atoms with Crippen molar-refractivity contribution in [1.29, 1.82) is 0 Å². The van der Waals surface area contributed by atoms with Gasteiger partial charge in [-0.2, -0.15) is 0 Å². The van der Waals surface area contributed by atoms with Crippen LogP contribution in [0.2, 0.25) is 0 Å². The van der Waals surface area contributed by atoms with Gasteiger partial charge in [0.2, 0.25) is 0 Å². The number of carbonyl (C=O) groups excluding carboxylic acids is 1. The predicted octanol–water partition coefficient (Wildman–Crippen LogP) is 3.86. The molecule has 1 atom stereocenters. The van der Waals surface area contributed by atoms with Crippen LogP contribution >= 0.6 is 15.9 Å². The zero-order chi connectivity index (χ0) is 18.4. The predicted molar refractivity (Wildman–Crippen MR) is 95.7 cm³/mol. The summed E-state index contributed by atoms with van der Waals surface area (Å²) in [5.41, 5.74) is 0.790. The molecule has 1 amide bonds. The number of halogens is 2. The third-order valence-corrected chi connectivity index (χ3v) is 4.15. The monoisotopic (exact) mass is 411 g/mol. The summed E-state index contributed by atoms with van der Waals surface area (Å²) in [6.45, 7) is 1.64. The molecule has 0 heterocycles. The zero-order valence-corrected chi connectivity index (χ0v) is 15.7. The molecular formula is C18H19BrFNO4. The molecule has 7 heteroatoms. The van der Waals surface area contributed by atoms with Gasteiger partial charge in [-0.05, 0) is 59.3 Å². The number of hydrogen-bond donors (Lipinski definition) is 1. The summed E-state index contributed by atoms with van der Waals surface area (Å²) in [4.78, 5) is 12.1. The minimum Gasteiger partial charge on any atom is -0.497 e. The lowest BCUT2D eigenvalue weighted by Gasteiger charge is -2.18. The molecule has 2 aromatic carbocycles. The third-order valence-electron chi connectivity index (χ3n) is 3.53. The average molecular weight is 412 g/mol. The lowest BCUT2D eigenvalue weighted by molar-refractivity contribution is -0.123. The molecular weight excluding hydrogens is 393 g/mol. The Morgan fingerprint density at radius 2 is 1.88 bits per heavy atom. The molecule has 0 aliphatic carbocycles. The molecule has 0 fully saturated rings. The van der Waals surface area contributed by atoms with Gasteiger partial charge in [0.25, 0.3) is 5.91 Å². The number of hydrogen-bond acceptors (Lipinski definition) is 4. The summed E-state index contributed by atoms with van der Waals surface area (Å²) in [6, 6.07) is 9.06. The van der Waals surface area contributed by atoms with Gasteiger partial charge in [0.1, 0.15) is 23.1 Å². The number of benzene rings is 2. The fraction of sp³-hybridized carbons (Fsp3) is 0.278. The molecule has 0 aromatic heterocycles. The van der Waals surface area contributed by atoms with E-state index in [9.17, 15) is 9.18 Å². The Labute approximate surface area is 154 Å². The summed E-state index contributed by atoms with van der Waals surface area (Å²) >= 11 is 3.19. The van der Waals surface area contributed by atoms with Crippen molar-refractivity contribution in [3.8, 4) is 17.2 Å². The van der Waals surface area contributed by atoms with E-state index in [0.29, 0.717) is 21.7 Å². The van der Waals surface area contributed by atoms with Crippen molar-refractivity contribution in [1.82, 2.24) is 5.32 Å². The van der Waals surface area contributed by atoms with Gasteiger partial charge in [0, 0.05) is 5.56 Å². The van der Waals surface area contributed by atoms with Gasteiger partial charge in [0.15, 0.2) is 6.61 Å². The lowest BCUT2D eigenvalue weighted by Crippen LogP contribution is -2.31. The van der Waals surface area contributed by atoms with Crippen LogP contribution in [0.25, 0.3) is 0 Å². The molecule has 5 nitrogen and oxygen atoms in total. The number of methoxy groups -OCH3 is 2. The first kappa shape index (κ1) is 19.1. The van der Waals surface area contributed by atoms with E-state index in [1.165, 1.54) is 18.2 Å². The fourth-order valence-electron chi connectivity index (χ4n) is 2.27. The van der Waals surface area contributed by atoms with Crippen molar-refractivity contribution in [2.75, 3.05) is 20.8 Å². The molecule has 0 aliphatic rings. The van der Waals surface area contributed by atoms with Gasteiger partial charge < -0.3 is 19.5 Å². The van der Waals surface area contributed by atoms with Crippen molar-refractivity contribution in [3.63, 3.8) is 0 Å². The van der Waals surface area contributed by atoms with Gasteiger partial charge in [-0.25, -0.2) is 4.39 Å². The van der Waals surface area contributed by atoms with Crippen LogP contribution in [0.4, 0.5) is 4.39 Å². The molecule has 134 valence electrons. The molecule has 0 bridgehead atoms. The van der Waals surface area contributed by atoms with Crippen LogP contribution in [-0.4, -0.2) is 26.7 Å². The largest absolute Gasteiger partial charge is 0.497 e. The third kappa shape index (κ3) is 5.09. The van der Waals surface area contributed by atoms with E-state index >= 15 is 0 Å².